The van der Waals surface area contributed by atoms with Crippen LogP contribution in [0.3, 0.4) is 0 Å². The Morgan fingerprint density at radius 1 is 1.43 bits per heavy atom. The minimum absolute atomic E-state index is 0.427. The number of aliphatic hydroxyl groups excluding tert-OH is 1. The van der Waals surface area contributed by atoms with Gasteiger partial charge in [0.2, 0.25) is 0 Å². The summed E-state index contributed by atoms with van der Waals surface area (Å²) in [4.78, 5) is 4.28. The first-order valence-corrected chi connectivity index (χ1v) is 4.99. The lowest BCUT2D eigenvalue weighted by molar-refractivity contribution is 0.170. The van der Waals surface area contributed by atoms with Gasteiger partial charge in [0.05, 0.1) is 6.10 Å². The molecule has 0 aliphatic carbocycles. The van der Waals surface area contributed by atoms with Crippen molar-refractivity contribution >= 4 is 0 Å². The zero-order valence-electron chi connectivity index (χ0n) is 8.77. The van der Waals surface area contributed by atoms with Crippen LogP contribution < -0.4 is 5.73 Å². The topological polar surface area (TPSA) is 59.1 Å². The van der Waals surface area contributed by atoms with E-state index >= 15 is 0 Å². The lowest BCUT2D eigenvalue weighted by Crippen LogP contribution is -2.07. The molecule has 0 amide bonds. The van der Waals surface area contributed by atoms with Gasteiger partial charge in [-0.25, -0.2) is 0 Å². The Hall–Kier alpha value is -0.930. The molecule has 3 N–H and O–H groups in total. The van der Waals surface area contributed by atoms with Gasteiger partial charge in [-0.15, -0.1) is 0 Å². The van der Waals surface area contributed by atoms with Crippen molar-refractivity contribution in [3.63, 3.8) is 0 Å². The van der Waals surface area contributed by atoms with E-state index in [0.717, 1.165) is 11.3 Å². The predicted molar refractivity (Wildman–Crippen MR) is 57.0 cm³/mol. The lowest BCUT2D eigenvalue weighted by atomic mass is 10.1. The van der Waals surface area contributed by atoms with E-state index in [9.17, 15) is 5.11 Å². The van der Waals surface area contributed by atoms with E-state index in [1.165, 1.54) is 0 Å². The number of nitrogens with zero attached hydrogens (tertiary/aromatic N) is 1. The van der Waals surface area contributed by atoms with Crippen LogP contribution in [0.25, 0.3) is 0 Å². The first-order valence-electron chi connectivity index (χ1n) is 4.99. The second-order valence-electron chi connectivity index (χ2n) is 3.76. The largest absolute Gasteiger partial charge is 0.388 e. The quantitative estimate of drug-likeness (QED) is 0.765. The van der Waals surface area contributed by atoms with Gasteiger partial charge in [-0.05, 0) is 30.5 Å². The molecular weight excluding hydrogens is 176 g/mol. The molecule has 1 rings (SSSR count). The smallest absolute Gasteiger partial charge is 0.0816 e. The van der Waals surface area contributed by atoms with Gasteiger partial charge in [-0.1, -0.05) is 19.9 Å². The molecule has 0 radical (unpaired) electrons. The fourth-order valence-electron chi connectivity index (χ4n) is 1.28. The van der Waals surface area contributed by atoms with Crippen molar-refractivity contribution in [3.8, 4) is 0 Å². The number of aliphatic hydroxyl groups is 1. The van der Waals surface area contributed by atoms with Crippen molar-refractivity contribution in [2.24, 2.45) is 5.73 Å². The standard InChI is InChI=1S/C11H18N2O/c1-8(2)10-4-3-9(7-13-10)11(14)5-6-12/h3-4,7-8,11,14H,5-6,12H2,1-2H3. The molecule has 0 fully saturated rings. The Bertz CT molecular complexity index is 269. The third kappa shape index (κ3) is 2.79. The van der Waals surface area contributed by atoms with Crippen molar-refractivity contribution < 1.29 is 5.11 Å². The van der Waals surface area contributed by atoms with Gasteiger partial charge in [0, 0.05) is 11.9 Å². The molecule has 0 saturated heterocycles. The summed E-state index contributed by atoms with van der Waals surface area (Å²) in [5.74, 6) is 0.427. The molecule has 1 unspecified atom stereocenters. The predicted octanol–water partition coefficient (Wildman–Crippen LogP) is 1.59. The first-order chi connectivity index (χ1) is 6.65. The van der Waals surface area contributed by atoms with Gasteiger partial charge in [0.1, 0.15) is 0 Å². The molecule has 0 aliphatic heterocycles. The fraction of sp³-hybridized carbons (Fsp3) is 0.545. The van der Waals surface area contributed by atoms with E-state index in [1.54, 1.807) is 6.20 Å². The molecule has 14 heavy (non-hydrogen) atoms. The van der Waals surface area contributed by atoms with Crippen molar-refractivity contribution in [1.82, 2.24) is 4.98 Å². The second-order valence-corrected chi connectivity index (χ2v) is 3.76. The highest BCUT2D eigenvalue weighted by atomic mass is 16.3. The molecular formula is C11H18N2O. The number of rotatable bonds is 4. The van der Waals surface area contributed by atoms with Crippen molar-refractivity contribution in [2.45, 2.75) is 32.3 Å². The van der Waals surface area contributed by atoms with Crippen molar-refractivity contribution in [1.29, 1.82) is 0 Å². The Morgan fingerprint density at radius 2 is 2.14 bits per heavy atom. The van der Waals surface area contributed by atoms with Crippen LogP contribution >= 0.6 is 0 Å². The molecule has 3 heteroatoms. The highest BCUT2D eigenvalue weighted by molar-refractivity contribution is 5.18. The first kappa shape index (κ1) is 11.1. The van der Waals surface area contributed by atoms with Crippen LogP contribution in [0.5, 0.6) is 0 Å². The Balaban J connectivity index is 2.72. The third-order valence-corrected chi connectivity index (χ3v) is 2.23. The van der Waals surface area contributed by atoms with Crippen LogP contribution in [0.4, 0.5) is 0 Å². The van der Waals surface area contributed by atoms with Crippen LogP contribution in [-0.2, 0) is 0 Å². The Labute approximate surface area is 85.0 Å². The summed E-state index contributed by atoms with van der Waals surface area (Å²) < 4.78 is 0. The maximum atomic E-state index is 9.63. The highest BCUT2D eigenvalue weighted by Gasteiger charge is 2.07. The van der Waals surface area contributed by atoms with E-state index in [2.05, 4.69) is 18.8 Å². The van der Waals surface area contributed by atoms with Gasteiger partial charge >= 0.3 is 0 Å². The van der Waals surface area contributed by atoms with Crippen LogP contribution in [0, 0.1) is 0 Å². The van der Waals surface area contributed by atoms with Crippen LogP contribution in [0.15, 0.2) is 18.3 Å². The zero-order chi connectivity index (χ0) is 10.6. The summed E-state index contributed by atoms with van der Waals surface area (Å²) in [6.45, 7) is 4.68. The number of aromatic nitrogens is 1. The maximum Gasteiger partial charge on any atom is 0.0816 e. The van der Waals surface area contributed by atoms with Gasteiger partial charge in [-0.2, -0.15) is 0 Å². The average Bonchev–Trinajstić information content (AvgIpc) is 2.18. The average molecular weight is 194 g/mol. The summed E-state index contributed by atoms with van der Waals surface area (Å²) in [7, 11) is 0. The summed E-state index contributed by atoms with van der Waals surface area (Å²) in [5, 5.41) is 9.63. The van der Waals surface area contributed by atoms with E-state index in [0.29, 0.717) is 18.9 Å². The number of hydrogen-bond donors (Lipinski definition) is 2. The van der Waals surface area contributed by atoms with Gasteiger partial charge in [0.25, 0.3) is 0 Å². The van der Waals surface area contributed by atoms with Crippen molar-refractivity contribution in [2.75, 3.05) is 6.54 Å². The van der Waals surface area contributed by atoms with Gasteiger partial charge in [-0.3, -0.25) is 4.98 Å². The molecule has 1 aromatic rings. The summed E-state index contributed by atoms with van der Waals surface area (Å²) >= 11 is 0. The number of nitrogens with two attached hydrogens (primary N) is 1. The molecule has 1 aromatic heterocycles. The van der Waals surface area contributed by atoms with Crippen LogP contribution in [0.2, 0.25) is 0 Å². The van der Waals surface area contributed by atoms with E-state index in [1.807, 2.05) is 12.1 Å². The third-order valence-electron chi connectivity index (χ3n) is 2.23. The normalized spacial score (nSPS) is 13.2. The SMILES string of the molecule is CC(C)c1ccc(C(O)CCN)cn1. The van der Waals surface area contributed by atoms with E-state index < -0.39 is 6.10 Å². The fourth-order valence-corrected chi connectivity index (χ4v) is 1.28. The molecule has 3 nitrogen and oxygen atoms in total. The Kier molecular flexibility index (Phi) is 4.04. The van der Waals surface area contributed by atoms with E-state index in [4.69, 9.17) is 5.73 Å². The highest BCUT2D eigenvalue weighted by Crippen LogP contribution is 2.17. The van der Waals surface area contributed by atoms with Crippen LogP contribution in [0.1, 0.15) is 43.5 Å². The summed E-state index contributed by atoms with van der Waals surface area (Å²) in [5.41, 5.74) is 7.26. The maximum absolute atomic E-state index is 9.63. The summed E-state index contributed by atoms with van der Waals surface area (Å²) in [6, 6.07) is 3.88. The number of hydrogen-bond acceptors (Lipinski definition) is 3. The molecule has 1 atom stereocenters. The monoisotopic (exact) mass is 194 g/mol. The number of pyridine rings is 1. The minimum atomic E-state index is -0.478. The van der Waals surface area contributed by atoms with Gasteiger partial charge < -0.3 is 10.8 Å². The molecule has 0 saturated carbocycles. The molecule has 0 aliphatic rings. The zero-order valence-corrected chi connectivity index (χ0v) is 8.77. The van der Waals surface area contributed by atoms with E-state index in [-0.39, 0.29) is 0 Å². The Morgan fingerprint density at radius 3 is 2.57 bits per heavy atom. The second kappa shape index (κ2) is 5.08. The summed E-state index contributed by atoms with van der Waals surface area (Å²) in [6.07, 6.45) is 1.84. The molecule has 0 aromatic carbocycles. The molecule has 0 spiro atoms. The van der Waals surface area contributed by atoms with Gasteiger partial charge in [0.15, 0.2) is 0 Å². The molecule has 78 valence electrons. The molecule has 0 bridgehead atoms. The van der Waals surface area contributed by atoms with Crippen molar-refractivity contribution in [3.05, 3.63) is 29.6 Å². The lowest BCUT2D eigenvalue weighted by Gasteiger charge is -2.10. The van der Waals surface area contributed by atoms with Crippen LogP contribution in [-0.4, -0.2) is 16.6 Å². The minimum Gasteiger partial charge on any atom is -0.388 e. The molecule has 1 heterocycles.